The highest BCUT2D eigenvalue weighted by Gasteiger charge is 2.32. The Morgan fingerprint density at radius 2 is 1.64 bits per heavy atom. The van der Waals surface area contributed by atoms with Gasteiger partial charge >= 0.3 is 0 Å². The molecule has 2 aromatic rings. The van der Waals surface area contributed by atoms with Gasteiger partial charge in [-0.1, -0.05) is 49.7 Å². The van der Waals surface area contributed by atoms with E-state index in [4.69, 9.17) is 0 Å². The van der Waals surface area contributed by atoms with Gasteiger partial charge in [0.1, 0.15) is 0 Å². The summed E-state index contributed by atoms with van der Waals surface area (Å²) in [5, 5.41) is 14.0. The van der Waals surface area contributed by atoms with E-state index in [0.717, 1.165) is 6.42 Å². The Morgan fingerprint density at radius 1 is 1.00 bits per heavy atom. The predicted octanol–water partition coefficient (Wildman–Crippen LogP) is 3.32. The maximum absolute atomic E-state index is 12.9. The van der Waals surface area contributed by atoms with Crippen molar-refractivity contribution in [1.82, 2.24) is 0 Å². The first-order valence-corrected chi connectivity index (χ1v) is 8.22. The summed E-state index contributed by atoms with van der Waals surface area (Å²) in [5.74, 6) is -0.431. The Kier molecular flexibility index (Phi) is 4.61. The Labute approximate surface area is 145 Å². The molecule has 1 aliphatic rings. The van der Waals surface area contributed by atoms with Crippen LogP contribution >= 0.6 is 0 Å². The molecule has 3 rings (SSSR count). The van der Waals surface area contributed by atoms with Crippen LogP contribution in [0.4, 0.5) is 5.69 Å². The Morgan fingerprint density at radius 3 is 2.28 bits per heavy atom. The first kappa shape index (κ1) is 16.8. The van der Waals surface area contributed by atoms with E-state index in [9.17, 15) is 19.7 Å². The van der Waals surface area contributed by atoms with Crippen LogP contribution in [0.3, 0.4) is 0 Å². The summed E-state index contributed by atoms with van der Waals surface area (Å²) < 4.78 is 0. The van der Waals surface area contributed by atoms with Gasteiger partial charge in [0.15, 0.2) is 11.6 Å². The molecule has 25 heavy (non-hydrogen) atoms. The Balaban J connectivity index is 2.03. The molecule has 1 atom stereocenters. The number of carbonyl (C=O) groups excluding carboxylic acids is 2. The lowest BCUT2D eigenvalue weighted by Gasteiger charge is -2.23. The largest absolute Gasteiger partial charge is 0.375 e. The summed E-state index contributed by atoms with van der Waals surface area (Å²) in [4.78, 5) is 36.1. The fourth-order valence-electron chi connectivity index (χ4n) is 3.22. The highest BCUT2D eigenvalue weighted by molar-refractivity contribution is 6.30. The molecule has 0 fully saturated rings. The topological polar surface area (TPSA) is 89.3 Å². The monoisotopic (exact) mass is 338 g/mol. The number of nitrogens with one attached hydrogen (secondary N) is 1. The first-order chi connectivity index (χ1) is 12.0. The smallest absolute Gasteiger partial charge is 0.223 e. The molecule has 1 N–H and O–H groups in total. The van der Waals surface area contributed by atoms with Crippen molar-refractivity contribution in [2.45, 2.75) is 25.8 Å². The third-order valence-electron chi connectivity index (χ3n) is 4.32. The van der Waals surface area contributed by atoms with Crippen molar-refractivity contribution in [3.63, 3.8) is 0 Å². The molecule has 6 heteroatoms. The summed E-state index contributed by atoms with van der Waals surface area (Å²) in [6, 6.07) is 11.3. The lowest BCUT2D eigenvalue weighted by Crippen LogP contribution is -2.30. The molecule has 0 saturated heterocycles. The van der Waals surface area contributed by atoms with Crippen molar-refractivity contribution in [3.8, 4) is 0 Å². The van der Waals surface area contributed by atoms with Crippen molar-refractivity contribution in [3.05, 3.63) is 74.8 Å². The molecule has 1 aliphatic carbocycles. The van der Waals surface area contributed by atoms with Gasteiger partial charge < -0.3 is 5.32 Å². The van der Waals surface area contributed by atoms with E-state index in [-0.39, 0.29) is 23.0 Å². The average molecular weight is 338 g/mol. The van der Waals surface area contributed by atoms with Gasteiger partial charge in [0.2, 0.25) is 6.54 Å². The van der Waals surface area contributed by atoms with E-state index in [1.54, 1.807) is 42.5 Å². The van der Waals surface area contributed by atoms with Crippen molar-refractivity contribution in [2.75, 3.05) is 11.9 Å². The molecule has 0 spiro atoms. The Hall–Kier alpha value is -3.02. The number of nitro groups is 1. The van der Waals surface area contributed by atoms with Crippen molar-refractivity contribution < 1.29 is 14.5 Å². The van der Waals surface area contributed by atoms with Gasteiger partial charge in [0.05, 0.1) is 11.6 Å². The van der Waals surface area contributed by atoms with Crippen molar-refractivity contribution in [1.29, 1.82) is 0 Å². The summed E-state index contributed by atoms with van der Waals surface area (Å²) >= 11 is 0. The Bertz CT molecular complexity index is 860. The highest BCUT2D eigenvalue weighted by atomic mass is 16.6. The standard InChI is InChI=1S/C19H18N2O4/c1-2-6-12(11-21(24)25)20-16-10-5-9-15-17(16)19(23)14-8-4-3-7-13(14)18(15)22/h3-5,7-10,12,20H,2,6,11H2,1H3. The van der Waals surface area contributed by atoms with Crippen LogP contribution in [0.25, 0.3) is 0 Å². The van der Waals surface area contributed by atoms with Crippen LogP contribution in [0.5, 0.6) is 0 Å². The quantitative estimate of drug-likeness (QED) is 0.550. The second kappa shape index (κ2) is 6.84. The van der Waals surface area contributed by atoms with Crippen LogP contribution in [0, 0.1) is 10.1 Å². The lowest BCUT2D eigenvalue weighted by atomic mass is 9.83. The second-order valence-corrected chi connectivity index (χ2v) is 6.08. The van der Waals surface area contributed by atoms with Crippen LogP contribution < -0.4 is 5.32 Å². The average Bonchev–Trinajstić information content (AvgIpc) is 2.59. The van der Waals surface area contributed by atoms with E-state index >= 15 is 0 Å². The second-order valence-electron chi connectivity index (χ2n) is 6.08. The van der Waals surface area contributed by atoms with Crippen LogP contribution in [0.2, 0.25) is 0 Å². The third-order valence-corrected chi connectivity index (χ3v) is 4.32. The zero-order chi connectivity index (χ0) is 18.0. The minimum absolute atomic E-state index is 0.199. The number of anilines is 1. The number of carbonyl (C=O) groups is 2. The van der Waals surface area contributed by atoms with Gasteiger partial charge in [-0.15, -0.1) is 0 Å². The highest BCUT2D eigenvalue weighted by Crippen LogP contribution is 2.32. The number of benzene rings is 2. The van der Waals surface area contributed by atoms with E-state index in [2.05, 4.69) is 5.32 Å². The zero-order valence-corrected chi connectivity index (χ0v) is 13.8. The van der Waals surface area contributed by atoms with Crippen LogP contribution in [-0.2, 0) is 0 Å². The number of ketones is 2. The van der Waals surface area contributed by atoms with Crippen molar-refractivity contribution >= 4 is 17.3 Å². The predicted molar refractivity (Wildman–Crippen MR) is 93.9 cm³/mol. The molecule has 0 radical (unpaired) electrons. The molecule has 0 bridgehead atoms. The third kappa shape index (κ3) is 3.15. The van der Waals surface area contributed by atoms with Gasteiger partial charge in [-0.2, -0.15) is 0 Å². The van der Waals surface area contributed by atoms with Gasteiger partial charge in [0.25, 0.3) is 0 Å². The molecular formula is C19H18N2O4. The van der Waals surface area contributed by atoms with Gasteiger partial charge in [-0.3, -0.25) is 19.7 Å². The summed E-state index contributed by atoms with van der Waals surface area (Å²) in [5.41, 5.74) is 1.88. The lowest BCUT2D eigenvalue weighted by molar-refractivity contribution is -0.481. The van der Waals surface area contributed by atoms with Crippen LogP contribution in [0.1, 0.15) is 51.6 Å². The van der Waals surface area contributed by atoms with E-state index in [1.807, 2.05) is 6.92 Å². The molecule has 2 aromatic carbocycles. The fraction of sp³-hybridized carbons (Fsp3) is 0.263. The maximum Gasteiger partial charge on any atom is 0.223 e. The van der Waals surface area contributed by atoms with Crippen LogP contribution in [0.15, 0.2) is 42.5 Å². The molecule has 0 heterocycles. The summed E-state index contributed by atoms with van der Waals surface area (Å²) in [6.07, 6.45) is 1.37. The minimum atomic E-state index is -0.397. The molecule has 0 saturated carbocycles. The zero-order valence-electron chi connectivity index (χ0n) is 13.8. The molecule has 6 nitrogen and oxygen atoms in total. The normalized spacial score (nSPS) is 13.8. The fourth-order valence-corrected chi connectivity index (χ4v) is 3.22. The number of hydrogen-bond donors (Lipinski definition) is 1. The van der Waals surface area contributed by atoms with Crippen molar-refractivity contribution in [2.24, 2.45) is 0 Å². The molecule has 0 aromatic heterocycles. The van der Waals surface area contributed by atoms with Gasteiger partial charge in [-0.25, -0.2) is 0 Å². The summed E-state index contributed by atoms with van der Waals surface area (Å²) in [7, 11) is 0. The number of nitrogens with zero attached hydrogens (tertiary/aromatic N) is 1. The molecular weight excluding hydrogens is 320 g/mol. The number of fused-ring (bicyclic) bond motifs is 2. The number of hydrogen-bond acceptors (Lipinski definition) is 5. The number of rotatable bonds is 6. The van der Waals surface area contributed by atoms with Gasteiger partial charge in [-0.05, 0) is 12.5 Å². The molecule has 0 aliphatic heterocycles. The first-order valence-electron chi connectivity index (χ1n) is 8.22. The van der Waals surface area contributed by atoms with E-state index in [0.29, 0.717) is 34.4 Å². The molecule has 0 amide bonds. The summed E-state index contributed by atoms with van der Waals surface area (Å²) in [6.45, 7) is 1.70. The van der Waals surface area contributed by atoms with E-state index in [1.165, 1.54) is 0 Å². The van der Waals surface area contributed by atoms with E-state index < -0.39 is 6.04 Å². The minimum Gasteiger partial charge on any atom is -0.375 e. The molecule has 128 valence electrons. The maximum atomic E-state index is 12.9. The van der Waals surface area contributed by atoms with Gasteiger partial charge in [0, 0.05) is 27.3 Å². The molecule has 1 unspecified atom stereocenters. The SMILES string of the molecule is CCCC(C[N+](=O)[O-])Nc1cccc2c1C(=O)c1ccccc1C2=O. The van der Waals surface area contributed by atoms with Crippen LogP contribution in [-0.4, -0.2) is 29.1 Å².